The quantitative estimate of drug-likeness (QED) is 0.385. The highest BCUT2D eigenvalue weighted by Gasteiger charge is 2.16. The summed E-state index contributed by atoms with van der Waals surface area (Å²) < 4.78 is 24.5. The zero-order chi connectivity index (χ0) is 15.5. The summed E-state index contributed by atoms with van der Waals surface area (Å²) in [6.45, 7) is 2.16. The second-order valence-corrected chi connectivity index (χ2v) is 4.97. The van der Waals surface area contributed by atoms with Gasteiger partial charge in [-0.05, 0) is 29.3 Å². The van der Waals surface area contributed by atoms with Gasteiger partial charge in [-0.3, -0.25) is 0 Å². The predicted molar refractivity (Wildman–Crippen MR) is 83.7 cm³/mol. The zero-order valence-corrected chi connectivity index (χ0v) is 12.1. The van der Waals surface area contributed by atoms with E-state index >= 15 is 0 Å². The van der Waals surface area contributed by atoms with Crippen molar-refractivity contribution in [2.24, 2.45) is 0 Å². The molecule has 0 aromatic heterocycles. The highest BCUT2D eigenvalue weighted by Crippen LogP contribution is 2.36. The molecule has 3 nitrogen and oxygen atoms in total. The van der Waals surface area contributed by atoms with Crippen LogP contribution in [-0.2, 0) is 4.74 Å². The lowest BCUT2D eigenvalue weighted by molar-refractivity contribution is 0.100. The maximum absolute atomic E-state index is 14.2. The van der Waals surface area contributed by atoms with Gasteiger partial charge in [-0.25, -0.2) is 9.18 Å². The van der Waals surface area contributed by atoms with Crippen LogP contribution in [0.4, 0.5) is 9.18 Å². The van der Waals surface area contributed by atoms with Crippen molar-refractivity contribution in [2.45, 2.75) is 13.3 Å². The molecule has 0 radical (unpaired) electrons. The van der Waals surface area contributed by atoms with E-state index in [0.717, 1.165) is 5.39 Å². The molecule has 0 saturated carbocycles. The van der Waals surface area contributed by atoms with E-state index in [1.807, 2.05) is 31.2 Å². The van der Waals surface area contributed by atoms with Crippen molar-refractivity contribution in [1.29, 1.82) is 0 Å². The number of benzene rings is 3. The van der Waals surface area contributed by atoms with Crippen molar-refractivity contribution in [1.82, 2.24) is 0 Å². The molecule has 3 aromatic rings. The Kier molecular flexibility index (Phi) is 3.92. The Bertz CT molecular complexity index is 842. The molecule has 0 spiro atoms. The molecule has 0 bridgehead atoms. The maximum Gasteiger partial charge on any atom is 0.513 e. The SMILES string of the molecule is CCCOC(=O)Oc1c2ccccc2cc2cccc(F)c12. The Hall–Kier alpha value is -2.62. The Morgan fingerprint density at radius 3 is 2.68 bits per heavy atom. The first-order valence-corrected chi connectivity index (χ1v) is 7.15. The summed E-state index contributed by atoms with van der Waals surface area (Å²) in [7, 11) is 0. The minimum Gasteiger partial charge on any atom is -0.434 e. The van der Waals surface area contributed by atoms with Gasteiger partial charge in [0.25, 0.3) is 0 Å². The third-order valence-corrected chi connectivity index (χ3v) is 3.40. The van der Waals surface area contributed by atoms with Crippen LogP contribution in [-0.4, -0.2) is 12.8 Å². The number of hydrogen-bond donors (Lipinski definition) is 0. The smallest absolute Gasteiger partial charge is 0.434 e. The Labute approximate surface area is 127 Å². The summed E-state index contributed by atoms with van der Waals surface area (Å²) in [6, 6.07) is 14.0. The molecule has 22 heavy (non-hydrogen) atoms. The molecular weight excluding hydrogens is 283 g/mol. The fraction of sp³-hybridized carbons (Fsp3) is 0.167. The second-order valence-electron chi connectivity index (χ2n) is 4.97. The fourth-order valence-electron chi connectivity index (χ4n) is 2.44. The zero-order valence-electron chi connectivity index (χ0n) is 12.1. The summed E-state index contributed by atoms with van der Waals surface area (Å²) in [5.41, 5.74) is 0. The van der Waals surface area contributed by atoms with Gasteiger partial charge in [0.2, 0.25) is 0 Å². The number of carbonyl (C=O) groups excluding carboxylic acids is 1. The first-order chi connectivity index (χ1) is 10.7. The number of fused-ring (bicyclic) bond motifs is 2. The van der Waals surface area contributed by atoms with Crippen LogP contribution >= 0.6 is 0 Å². The average molecular weight is 298 g/mol. The third-order valence-electron chi connectivity index (χ3n) is 3.40. The van der Waals surface area contributed by atoms with E-state index in [9.17, 15) is 9.18 Å². The van der Waals surface area contributed by atoms with Crippen molar-refractivity contribution >= 4 is 27.7 Å². The minimum absolute atomic E-state index is 0.201. The number of rotatable bonds is 3. The van der Waals surface area contributed by atoms with Crippen LogP contribution in [0.15, 0.2) is 48.5 Å². The molecule has 0 heterocycles. The Morgan fingerprint density at radius 2 is 1.86 bits per heavy atom. The van der Waals surface area contributed by atoms with Crippen molar-refractivity contribution in [3.05, 3.63) is 54.3 Å². The average Bonchev–Trinajstić information content (AvgIpc) is 2.52. The van der Waals surface area contributed by atoms with Gasteiger partial charge in [-0.15, -0.1) is 0 Å². The van der Waals surface area contributed by atoms with Gasteiger partial charge in [-0.2, -0.15) is 0 Å². The molecule has 0 N–H and O–H groups in total. The molecule has 0 saturated heterocycles. The molecular formula is C18H15FO3. The normalized spacial score (nSPS) is 10.8. The third kappa shape index (κ3) is 2.60. The van der Waals surface area contributed by atoms with Crippen LogP contribution in [0.2, 0.25) is 0 Å². The molecule has 0 fully saturated rings. The van der Waals surface area contributed by atoms with Crippen molar-refractivity contribution in [3.8, 4) is 5.75 Å². The molecule has 0 atom stereocenters. The number of carbonyl (C=O) groups is 1. The predicted octanol–water partition coefficient (Wildman–Crippen LogP) is 5.06. The van der Waals surface area contributed by atoms with Crippen LogP contribution in [0.5, 0.6) is 5.75 Å². The van der Waals surface area contributed by atoms with Gasteiger partial charge >= 0.3 is 6.16 Å². The van der Waals surface area contributed by atoms with Gasteiger partial charge in [-0.1, -0.05) is 43.3 Å². The van der Waals surface area contributed by atoms with Gasteiger partial charge in [0, 0.05) is 5.39 Å². The molecule has 112 valence electrons. The van der Waals surface area contributed by atoms with Gasteiger partial charge < -0.3 is 9.47 Å². The molecule has 0 aliphatic heterocycles. The second kappa shape index (κ2) is 6.02. The van der Waals surface area contributed by atoms with Crippen LogP contribution in [0.1, 0.15) is 13.3 Å². The molecule has 0 aliphatic carbocycles. The van der Waals surface area contributed by atoms with Crippen LogP contribution in [0.3, 0.4) is 0 Å². The summed E-state index contributed by atoms with van der Waals surface area (Å²) in [6.07, 6.45) is -0.123. The van der Waals surface area contributed by atoms with E-state index in [2.05, 4.69) is 0 Å². The molecule has 3 rings (SSSR count). The van der Waals surface area contributed by atoms with Crippen LogP contribution in [0.25, 0.3) is 21.5 Å². The van der Waals surface area contributed by atoms with E-state index in [1.54, 1.807) is 18.2 Å². The first kappa shape index (κ1) is 14.3. The maximum atomic E-state index is 14.2. The van der Waals surface area contributed by atoms with E-state index in [4.69, 9.17) is 9.47 Å². The molecule has 0 unspecified atom stereocenters. The van der Waals surface area contributed by atoms with Crippen molar-refractivity contribution in [3.63, 3.8) is 0 Å². The lowest BCUT2D eigenvalue weighted by atomic mass is 10.0. The summed E-state index contributed by atoms with van der Waals surface area (Å²) in [4.78, 5) is 11.8. The van der Waals surface area contributed by atoms with Crippen LogP contribution < -0.4 is 4.74 Å². The van der Waals surface area contributed by atoms with E-state index in [1.165, 1.54) is 6.07 Å². The van der Waals surface area contributed by atoms with Crippen LogP contribution in [0, 0.1) is 5.82 Å². The molecule has 3 aromatic carbocycles. The fourth-order valence-corrected chi connectivity index (χ4v) is 2.44. The monoisotopic (exact) mass is 298 g/mol. The Balaban J connectivity index is 2.20. The standard InChI is InChI=1S/C18H15FO3/c1-2-10-21-18(20)22-17-14-8-4-3-6-12(14)11-13-7-5-9-15(19)16(13)17/h3-9,11H,2,10H2,1H3. The molecule has 0 aliphatic rings. The number of ether oxygens (including phenoxy) is 2. The number of halogens is 1. The largest absolute Gasteiger partial charge is 0.513 e. The van der Waals surface area contributed by atoms with Crippen molar-refractivity contribution < 1.29 is 18.7 Å². The van der Waals surface area contributed by atoms with E-state index < -0.39 is 12.0 Å². The summed E-state index contributed by atoms with van der Waals surface area (Å²) in [5, 5.41) is 2.51. The first-order valence-electron chi connectivity index (χ1n) is 7.15. The minimum atomic E-state index is -0.817. The highest BCUT2D eigenvalue weighted by molar-refractivity contribution is 6.06. The summed E-state index contributed by atoms with van der Waals surface area (Å²) >= 11 is 0. The van der Waals surface area contributed by atoms with Gasteiger partial charge in [0.05, 0.1) is 12.0 Å². The van der Waals surface area contributed by atoms with Crippen molar-refractivity contribution in [2.75, 3.05) is 6.61 Å². The van der Waals surface area contributed by atoms with E-state index in [-0.39, 0.29) is 17.7 Å². The summed E-state index contributed by atoms with van der Waals surface area (Å²) in [5.74, 6) is -0.228. The van der Waals surface area contributed by atoms with Gasteiger partial charge in [0.1, 0.15) is 5.82 Å². The topological polar surface area (TPSA) is 35.5 Å². The lowest BCUT2D eigenvalue weighted by Gasteiger charge is -2.12. The molecule has 0 amide bonds. The van der Waals surface area contributed by atoms with E-state index in [0.29, 0.717) is 17.2 Å². The highest BCUT2D eigenvalue weighted by atomic mass is 19.1. The lowest BCUT2D eigenvalue weighted by Crippen LogP contribution is -2.11. The number of hydrogen-bond acceptors (Lipinski definition) is 3. The Morgan fingerprint density at radius 1 is 1.09 bits per heavy atom. The van der Waals surface area contributed by atoms with Gasteiger partial charge in [0.15, 0.2) is 5.75 Å². The molecule has 4 heteroatoms.